The van der Waals surface area contributed by atoms with Crippen molar-refractivity contribution >= 4 is 5.84 Å². The predicted octanol–water partition coefficient (Wildman–Crippen LogP) is -0.0378. The number of hydrogen-bond donors (Lipinski definition) is 2. The quantitative estimate of drug-likeness (QED) is 0.466. The normalized spacial score (nSPS) is 9.83. The highest BCUT2D eigenvalue weighted by molar-refractivity contribution is 5.76. The molecule has 0 unspecified atom stereocenters. The van der Waals surface area contributed by atoms with E-state index in [0.29, 0.717) is 12.3 Å². The summed E-state index contributed by atoms with van der Waals surface area (Å²) in [6.07, 6.45) is 0.669. The van der Waals surface area contributed by atoms with Gasteiger partial charge in [-0.25, -0.2) is 0 Å². The van der Waals surface area contributed by atoms with E-state index in [0.717, 1.165) is 0 Å². The molecule has 0 saturated carbocycles. The van der Waals surface area contributed by atoms with E-state index >= 15 is 0 Å². The molecule has 0 amide bonds. The first-order valence-electron chi connectivity index (χ1n) is 4.02. The van der Waals surface area contributed by atoms with Crippen LogP contribution < -0.4 is 11.1 Å². The Morgan fingerprint density at radius 1 is 1.25 bits per heavy atom. The molecule has 1 rings (SSSR count). The molecule has 0 heterocycles. The van der Waals surface area contributed by atoms with Gasteiger partial charge in [0.1, 0.15) is 0 Å². The van der Waals surface area contributed by atoms with Crippen molar-refractivity contribution < 1.29 is 5.41 Å². The Morgan fingerprint density at radius 3 is 2.17 bits per heavy atom. The molecule has 64 valence electrons. The average molecular weight is 163 g/mol. The van der Waals surface area contributed by atoms with Crippen molar-refractivity contribution in [2.24, 2.45) is 5.73 Å². The van der Waals surface area contributed by atoms with E-state index in [1.54, 1.807) is 0 Å². The number of amidine groups is 1. The highest BCUT2D eigenvalue weighted by Crippen LogP contribution is 2.08. The van der Waals surface area contributed by atoms with Gasteiger partial charge in [0, 0.05) is 0 Å². The van der Waals surface area contributed by atoms with Crippen molar-refractivity contribution in [2.75, 3.05) is 0 Å². The van der Waals surface area contributed by atoms with Crippen molar-refractivity contribution in [3.05, 3.63) is 34.9 Å². The van der Waals surface area contributed by atoms with Crippen LogP contribution in [0.25, 0.3) is 0 Å². The van der Waals surface area contributed by atoms with Crippen LogP contribution in [0.5, 0.6) is 0 Å². The molecular formula is C10H15N2+. The maximum absolute atomic E-state index is 5.42. The van der Waals surface area contributed by atoms with Crippen molar-refractivity contribution in [1.82, 2.24) is 0 Å². The Balaban J connectivity index is 2.93. The molecule has 0 aliphatic heterocycles. The third kappa shape index (κ3) is 2.38. The fourth-order valence-corrected chi connectivity index (χ4v) is 1.41. The molecule has 0 bridgehead atoms. The SMILES string of the molecule is Cc1cc(C)cc(CC(N)=[NH2+])c1. The van der Waals surface area contributed by atoms with Gasteiger partial charge in [-0.1, -0.05) is 29.3 Å². The fraction of sp³-hybridized carbons (Fsp3) is 0.300. The Kier molecular flexibility index (Phi) is 2.48. The van der Waals surface area contributed by atoms with Crippen LogP contribution in [-0.4, -0.2) is 5.84 Å². The Hall–Kier alpha value is -1.31. The van der Waals surface area contributed by atoms with Crippen LogP contribution in [0.4, 0.5) is 0 Å². The first-order valence-corrected chi connectivity index (χ1v) is 4.02. The number of aryl methyl sites for hydroxylation is 2. The summed E-state index contributed by atoms with van der Waals surface area (Å²) in [6.45, 7) is 4.15. The van der Waals surface area contributed by atoms with Gasteiger partial charge in [-0.05, 0) is 19.4 Å². The highest BCUT2D eigenvalue weighted by atomic mass is 14.7. The highest BCUT2D eigenvalue weighted by Gasteiger charge is 2.00. The fourth-order valence-electron chi connectivity index (χ4n) is 1.41. The maximum atomic E-state index is 5.42. The number of hydrogen-bond acceptors (Lipinski definition) is 0. The van der Waals surface area contributed by atoms with E-state index < -0.39 is 0 Å². The summed E-state index contributed by atoms with van der Waals surface area (Å²) in [5.74, 6) is 0.472. The Morgan fingerprint density at radius 2 is 1.75 bits per heavy atom. The summed E-state index contributed by atoms with van der Waals surface area (Å²) in [5, 5.41) is 5.42. The van der Waals surface area contributed by atoms with E-state index in [1.165, 1.54) is 16.7 Å². The molecule has 0 spiro atoms. The lowest BCUT2D eigenvalue weighted by Crippen LogP contribution is -2.46. The largest absolute Gasteiger partial charge is 0.291 e. The average Bonchev–Trinajstić information content (AvgIpc) is 1.81. The lowest BCUT2D eigenvalue weighted by Gasteiger charge is -2.01. The maximum Gasteiger partial charge on any atom is 0.242 e. The van der Waals surface area contributed by atoms with E-state index in [-0.39, 0.29) is 0 Å². The minimum Gasteiger partial charge on any atom is -0.291 e. The Bertz CT molecular complexity index is 282. The van der Waals surface area contributed by atoms with Crippen LogP contribution in [-0.2, 0) is 6.42 Å². The summed E-state index contributed by atoms with van der Waals surface area (Å²) in [5.41, 5.74) is 9.12. The predicted molar refractivity (Wildman–Crippen MR) is 50.7 cm³/mol. The van der Waals surface area contributed by atoms with Crippen molar-refractivity contribution in [3.8, 4) is 0 Å². The second kappa shape index (κ2) is 3.39. The van der Waals surface area contributed by atoms with Gasteiger partial charge in [-0.15, -0.1) is 0 Å². The van der Waals surface area contributed by atoms with Gasteiger partial charge in [-0.2, -0.15) is 0 Å². The molecule has 2 nitrogen and oxygen atoms in total. The van der Waals surface area contributed by atoms with Gasteiger partial charge in [0.05, 0.1) is 6.42 Å². The molecule has 2 heteroatoms. The van der Waals surface area contributed by atoms with Gasteiger partial charge < -0.3 is 0 Å². The summed E-state index contributed by atoms with van der Waals surface area (Å²) in [6, 6.07) is 6.34. The molecule has 0 aliphatic carbocycles. The van der Waals surface area contributed by atoms with Gasteiger partial charge in [0.2, 0.25) is 5.84 Å². The first kappa shape index (κ1) is 8.78. The van der Waals surface area contributed by atoms with Gasteiger partial charge in [0.15, 0.2) is 0 Å². The van der Waals surface area contributed by atoms with E-state index in [1.807, 2.05) is 0 Å². The monoisotopic (exact) mass is 163 g/mol. The molecule has 4 N–H and O–H groups in total. The minimum absolute atomic E-state index is 0.472. The van der Waals surface area contributed by atoms with Crippen LogP contribution >= 0.6 is 0 Å². The number of benzene rings is 1. The second-order valence-electron chi connectivity index (χ2n) is 3.25. The summed E-state index contributed by atoms with van der Waals surface area (Å²) in [7, 11) is 0. The number of rotatable bonds is 2. The molecule has 12 heavy (non-hydrogen) atoms. The molecule has 0 saturated heterocycles. The molecule has 1 aromatic rings. The molecule has 0 radical (unpaired) electrons. The minimum atomic E-state index is 0.472. The third-order valence-corrected chi connectivity index (χ3v) is 1.69. The topological polar surface area (TPSA) is 51.6 Å². The van der Waals surface area contributed by atoms with Gasteiger partial charge in [0.25, 0.3) is 0 Å². The van der Waals surface area contributed by atoms with Crippen LogP contribution in [0.2, 0.25) is 0 Å². The molecular weight excluding hydrogens is 148 g/mol. The lowest BCUT2D eigenvalue weighted by molar-refractivity contribution is -0.117. The van der Waals surface area contributed by atoms with Gasteiger partial charge in [-0.3, -0.25) is 11.1 Å². The summed E-state index contributed by atoms with van der Waals surface area (Å²) in [4.78, 5) is 0. The molecule has 0 aromatic heterocycles. The first-order chi connectivity index (χ1) is 5.58. The summed E-state index contributed by atoms with van der Waals surface area (Å²) < 4.78 is 0. The molecule has 0 fully saturated rings. The smallest absolute Gasteiger partial charge is 0.242 e. The zero-order valence-corrected chi connectivity index (χ0v) is 7.59. The van der Waals surface area contributed by atoms with E-state index in [2.05, 4.69) is 32.0 Å². The molecule has 0 aliphatic rings. The lowest BCUT2D eigenvalue weighted by atomic mass is 10.0. The standard InChI is InChI=1S/C10H14N2/c1-7-3-8(2)5-9(4-7)6-10(11)12/h3-5H,6H2,1-2H3,(H3,11,12)/p+1. The van der Waals surface area contributed by atoms with E-state index in [9.17, 15) is 0 Å². The van der Waals surface area contributed by atoms with Crippen LogP contribution in [0.1, 0.15) is 16.7 Å². The molecule has 1 aromatic carbocycles. The summed E-state index contributed by atoms with van der Waals surface area (Å²) >= 11 is 0. The van der Waals surface area contributed by atoms with Gasteiger partial charge >= 0.3 is 0 Å². The van der Waals surface area contributed by atoms with E-state index in [4.69, 9.17) is 11.1 Å². The Labute approximate surface area is 72.9 Å². The second-order valence-corrected chi connectivity index (χ2v) is 3.25. The van der Waals surface area contributed by atoms with Crippen LogP contribution in [0, 0.1) is 13.8 Å². The van der Waals surface area contributed by atoms with Crippen molar-refractivity contribution in [3.63, 3.8) is 0 Å². The van der Waals surface area contributed by atoms with Crippen molar-refractivity contribution in [2.45, 2.75) is 20.3 Å². The van der Waals surface area contributed by atoms with Crippen LogP contribution in [0.3, 0.4) is 0 Å². The zero-order chi connectivity index (χ0) is 9.14. The van der Waals surface area contributed by atoms with Crippen molar-refractivity contribution in [1.29, 1.82) is 0 Å². The third-order valence-electron chi connectivity index (χ3n) is 1.69. The molecule has 0 atom stereocenters. The number of nitrogens with two attached hydrogens (primary N) is 2. The zero-order valence-electron chi connectivity index (χ0n) is 7.59. The van der Waals surface area contributed by atoms with Crippen LogP contribution in [0.15, 0.2) is 18.2 Å².